The van der Waals surface area contributed by atoms with Gasteiger partial charge in [-0.2, -0.15) is 0 Å². The topological polar surface area (TPSA) is 29.9 Å². The molecule has 1 N–H and O–H groups in total. The number of imidazole rings is 1. The van der Waals surface area contributed by atoms with Crippen molar-refractivity contribution in [2.24, 2.45) is 0 Å². The van der Waals surface area contributed by atoms with Crippen molar-refractivity contribution < 1.29 is 0 Å². The number of nitrogens with one attached hydrogen (secondary N) is 1. The average molecular weight is 217 g/mol. The van der Waals surface area contributed by atoms with Crippen molar-refractivity contribution in [2.45, 2.75) is 26.3 Å². The number of hydrogen-bond donors (Lipinski definition) is 1. The van der Waals surface area contributed by atoms with Gasteiger partial charge in [0.15, 0.2) is 0 Å². The van der Waals surface area contributed by atoms with Crippen LogP contribution in [-0.4, -0.2) is 23.1 Å². The third-order valence-electron chi connectivity index (χ3n) is 2.88. The number of aryl methyl sites for hydroxylation is 2. The van der Waals surface area contributed by atoms with E-state index in [2.05, 4.69) is 35.0 Å². The zero-order valence-electron chi connectivity index (χ0n) is 10.0. The minimum absolute atomic E-state index is 0.995. The van der Waals surface area contributed by atoms with Gasteiger partial charge >= 0.3 is 0 Å². The Kier molecular flexibility index (Phi) is 3.57. The van der Waals surface area contributed by atoms with Crippen molar-refractivity contribution in [3.05, 3.63) is 30.1 Å². The fraction of sp³-hybridized carbons (Fsp3) is 0.462. The number of para-hydroxylation sites is 2. The van der Waals surface area contributed by atoms with Gasteiger partial charge in [0, 0.05) is 13.0 Å². The Hall–Kier alpha value is -1.35. The molecule has 0 aliphatic carbocycles. The number of benzene rings is 1. The average Bonchev–Trinajstić information content (AvgIpc) is 2.67. The van der Waals surface area contributed by atoms with Crippen LogP contribution in [-0.2, 0) is 13.0 Å². The summed E-state index contributed by atoms with van der Waals surface area (Å²) in [5, 5.41) is 3.17. The standard InChI is InChI=1S/C13H19N3/c1-3-16-12-8-5-4-7-11(12)15-13(16)9-6-10-14-2/h4-5,7-8,14H,3,6,9-10H2,1-2H3. The molecule has 86 valence electrons. The largest absolute Gasteiger partial charge is 0.328 e. The summed E-state index contributed by atoms with van der Waals surface area (Å²) in [5.74, 6) is 1.21. The van der Waals surface area contributed by atoms with Crippen molar-refractivity contribution in [2.75, 3.05) is 13.6 Å². The predicted octanol–water partition coefficient (Wildman–Crippen LogP) is 2.21. The third kappa shape index (κ3) is 2.09. The highest BCUT2D eigenvalue weighted by Crippen LogP contribution is 2.16. The highest BCUT2D eigenvalue weighted by molar-refractivity contribution is 5.75. The van der Waals surface area contributed by atoms with E-state index in [-0.39, 0.29) is 0 Å². The number of hydrogen-bond acceptors (Lipinski definition) is 2. The maximum absolute atomic E-state index is 4.69. The molecule has 0 aliphatic rings. The van der Waals surface area contributed by atoms with Crippen molar-refractivity contribution in [3.63, 3.8) is 0 Å². The van der Waals surface area contributed by atoms with Crippen LogP contribution in [0.1, 0.15) is 19.2 Å². The van der Waals surface area contributed by atoms with Gasteiger partial charge in [0.25, 0.3) is 0 Å². The van der Waals surface area contributed by atoms with E-state index in [0.29, 0.717) is 0 Å². The van der Waals surface area contributed by atoms with Crippen molar-refractivity contribution in [1.29, 1.82) is 0 Å². The molecular formula is C13H19N3. The van der Waals surface area contributed by atoms with Crippen LogP contribution in [0.2, 0.25) is 0 Å². The monoisotopic (exact) mass is 217 g/mol. The molecule has 0 atom stereocenters. The number of fused-ring (bicyclic) bond motifs is 1. The first-order chi connectivity index (χ1) is 7.86. The molecule has 1 aromatic heterocycles. The molecule has 2 rings (SSSR count). The zero-order chi connectivity index (χ0) is 11.4. The first-order valence-corrected chi connectivity index (χ1v) is 5.95. The lowest BCUT2D eigenvalue weighted by Gasteiger charge is -2.05. The van der Waals surface area contributed by atoms with Gasteiger partial charge < -0.3 is 9.88 Å². The van der Waals surface area contributed by atoms with Crippen LogP contribution in [0.5, 0.6) is 0 Å². The first-order valence-electron chi connectivity index (χ1n) is 5.95. The second-order valence-corrected chi connectivity index (χ2v) is 3.97. The second kappa shape index (κ2) is 5.12. The molecule has 0 saturated heterocycles. The summed E-state index contributed by atoms with van der Waals surface area (Å²) >= 11 is 0. The molecule has 0 unspecified atom stereocenters. The third-order valence-corrected chi connectivity index (χ3v) is 2.88. The highest BCUT2D eigenvalue weighted by atomic mass is 15.1. The number of nitrogens with zero attached hydrogens (tertiary/aromatic N) is 2. The normalized spacial score (nSPS) is 11.1. The number of rotatable bonds is 5. The maximum atomic E-state index is 4.69. The summed E-state index contributed by atoms with van der Waals surface area (Å²) in [6.45, 7) is 4.22. The van der Waals surface area contributed by atoms with E-state index in [1.807, 2.05) is 13.1 Å². The summed E-state index contributed by atoms with van der Waals surface area (Å²) in [5.41, 5.74) is 2.37. The van der Waals surface area contributed by atoms with Gasteiger partial charge in [-0.25, -0.2) is 4.98 Å². The molecule has 0 bridgehead atoms. The van der Waals surface area contributed by atoms with E-state index < -0.39 is 0 Å². The minimum Gasteiger partial charge on any atom is -0.328 e. The van der Waals surface area contributed by atoms with Crippen LogP contribution in [0.25, 0.3) is 11.0 Å². The van der Waals surface area contributed by atoms with E-state index in [0.717, 1.165) is 31.4 Å². The Morgan fingerprint density at radius 2 is 2.12 bits per heavy atom. The van der Waals surface area contributed by atoms with Crippen LogP contribution in [0.4, 0.5) is 0 Å². The van der Waals surface area contributed by atoms with Gasteiger partial charge in [-0.15, -0.1) is 0 Å². The molecule has 2 aromatic rings. The zero-order valence-corrected chi connectivity index (χ0v) is 10.0. The molecule has 1 heterocycles. The summed E-state index contributed by atoms with van der Waals surface area (Å²) in [4.78, 5) is 4.69. The first kappa shape index (κ1) is 11.1. The van der Waals surface area contributed by atoms with E-state index in [1.165, 1.54) is 11.3 Å². The molecule has 3 heteroatoms. The van der Waals surface area contributed by atoms with Gasteiger partial charge in [0.05, 0.1) is 11.0 Å². The van der Waals surface area contributed by atoms with Gasteiger partial charge in [0.1, 0.15) is 5.82 Å². The molecule has 0 aliphatic heterocycles. The van der Waals surface area contributed by atoms with Gasteiger partial charge in [-0.05, 0) is 39.1 Å². The predicted molar refractivity (Wildman–Crippen MR) is 67.7 cm³/mol. The number of aromatic nitrogens is 2. The van der Waals surface area contributed by atoms with Crippen LogP contribution in [0, 0.1) is 0 Å². The smallest absolute Gasteiger partial charge is 0.109 e. The Labute approximate surface area is 96.5 Å². The second-order valence-electron chi connectivity index (χ2n) is 3.97. The van der Waals surface area contributed by atoms with E-state index in [4.69, 9.17) is 4.98 Å². The van der Waals surface area contributed by atoms with Gasteiger partial charge in [-0.1, -0.05) is 12.1 Å². The Balaban J connectivity index is 2.29. The lowest BCUT2D eigenvalue weighted by Crippen LogP contribution is -2.10. The van der Waals surface area contributed by atoms with E-state index >= 15 is 0 Å². The fourth-order valence-corrected chi connectivity index (χ4v) is 2.09. The summed E-state index contributed by atoms with van der Waals surface area (Å²) in [7, 11) is 1.99. The maximum Gasteiger partial charge on any atom is 0.109 e. The van der Waals surface area contributed by atoms with Crippen LogP contribution in [0.15, 0.2) is 24.3 Å². The summed E-state index contributed by atoms with van der Waals surface area (Å²) < 4.78 is 2.31. The Morgan fingerprint density at radius 1 is 1.31 bits per heavy atom. The quantitative estimate of drug-likeness (QED) is 0.778. The molecule has 1 aromatic carbocycles. The summed E-state index contributed by atoms with van der Waals surface area (Å²) in [6.07, 6.45) is 2.18. The molecule has 0 amide bonds. The van der Waals surface area contributed by atoms with Crippen LogP contribution >= 0.6 is 0 Å². The fourth-order valence-electron chi connectivity index (χ4n) is 2.09. The van der Waals surface area contributed by atoms with Crippen molar-refractivity contribution >= 4 is 11.0 Å². The molecule has 3 nitrogen and oxygen atoms in total. The van der Waals surface area contributed by atoms with Crippen LogP contribution in [0.3, 0.4) is 0 Å². The van der Waals surface area contributed by atoms with Crippen LogP contribution < -0.4 is 5.32 Å². The lowest BCUT2D eigenvalue weighted by molar-refractivity contribution is 0.657. The highest BCUT2D eigenvalue weighted by Gasteiger charge is 2.07. The Morgan fingerprint density at radius 3 is 2.88 bits per heavy atom. The molecular weight excluding hydrogens is 198 g/mol. The summed E-state index contributed by atoms with van der Waals surface area (Å²) in [6, 6.07) is 8.36. The minimum atomic E-state index is 0.995. The van der Waals surface area contributed by atoms with Crippen molar-refractivity contribution in [1.82, 2.24) is 14.9 Å². The Bertz CT molecular complexity index is 459. The SMILES string of the molecule is CCn1c(CCCNC)nc2ccccc21. The molecule has 0 radical (unpaired) electrons. The molecule has 0 saturated carbocycles. The van der Waals surface area contributed by atoms with Gasteiger partial charge in [-0.3, -0.25) is 0 Å². The lowest BCUT2D eigenvalue weighted by atomic mass is 10.3. The van der Waals surface area contributed by atoms with Crippen molar-refractivity contribution in [3.8, 4) is 0 Å². The molecule has 16 heavy (non-hydrogen) atoms. The van der Waals surface area contributed by atoms with E-state index in [9.17, 15) is 0 Å². The molecule has 0 spiro atoms. The van der Waals surface area contributed by atoms with E-state index in [1.54, 1.807) is 0 Å². The van der Waals surface area contributed by atoms with Gasteiger partial charge in [0.2, 0.25) is 0 Å². The molecule has 0 fully saturated rings.